The lowest BCUT2D eigenvalue weighted by Gasteiger charge is -2.32. The van der Waals surface area contributed by atoms with Crippen LogP contribution in [0.4, 0.5) is 10.1 Å². The van der Waals surface area contributed by atoms with Crippen molar-refractivity contribution >= 4 is 52.1 Å². The lowest BCUT2D eigenvalue weighted by molar-refractivity contribution is -0.136. The number of aromatic nitrogens is 2. The first-order valence-electron chi connectivity index (χ1n) is 14.3. The predicted molar refractivity (Wildman–Crippen MR) is 158 cm³/mol. The second-order valence-corrected chi connectivity index (χ2v) is 11.0. The standard InChI is InChI=1S/C31H30FN7O4/c32-23-4-1-5-24-28(23)37-25(16-36-24)18(14-33)15-35-20-11-17(12-20)3-2-10-34-19-6-7-21-22(13-19)31(43)39(30(21)42)26-8-9-27(40)38-29(26)41/h1,4-7,13-17,20,26,34H,2-3,8-12,33H2,(H,38,40,41). The molecule has 11 nitrogen and oxygen atoms in total. The van der Waals surface area contributed by atoms with E-state index in [1.807, 2.05) is 0 Å². The van der Waals surface area contributed by atoms with Gasteiger partial charge in [0.05, 0.1) is 34.6 Å². The van der Waals surface area contributed by atoms with Crippen molar-refractivity contribution in [2.24, 2.45) is 16.6 Å². The van der Waals surface area contributed by atoms with Crippen LogP contribution in [0, 0.1) is 11.7 Å². The van der Waals surface area contributed by atoms with E-state index in [9.17, 15) is 23.6 Å². The zero-order chi connectivity index (χ0) is 30.1. The molecule has 3 aliphatic rings. The van der Waals surface area contributed by atoms with Crippen LogP contribution in [0.25, 0.3) is 16.6 Å². The molecule has 2 fully saturated rings. The molecule has 43 heavy (non-hydrogen) atoms. The molecule has 0 spiro atoms. The van der Waals surface area contributed by atoms with Gasteiger partial charge in [-0.2, -0.15) is 0 Å². The van der Waals surface area contributed by atoms with E-state index < -0.39 is 35.5 Å². The Morgan fingerprint density at radius 3 is 2.74 bits per heavy atom. The highest BCUT2D eigenvalue weighted by Gasteiger charge is 2.44. The summed E-state index contributed by atoms with van der Waals surface area (Å²) in [5.74, 6) is -1.96. The summed E-state index contributed by atoms with van der Waals surface area (Å²) >= 11 is 0. The molecule has 220 valence electrons. The van der Waals surface area contributed by atoms with Crippen molar-refractivity contribution in [1.82, 2.24) is 20.2 Å². The molecule has 2 aromatic carbocycles. The average Bonchev–Trinajstić information content (AvgIpc) is 3.22. The van der Waals surface area contributed by atoms with Gasteiger partial charge in [0.25, 0.3) is 11.8 Å². The summed E-state index contributed by atoms with van der Waals surface area (Å²) in [5.41, 5.74) is 8.75. The van der Waals surface area contributed by atoms with Gasteiger partial charge in [0.1, 0.15) is 11.6 Å². The second kappa shape index (κ2) is 11.7. The maximum atomic E-state index is 14.1. The van der Waals surface area contributed by atoms with Gasteiger partial charge in [0.2, 0.25) is 11.8 Å². The summed E-state index contributed by atoms with van der Waals surface area (Å²) < 4.78 is 14.1. The normalized spacial score (nSPS) is 22.2. The minimum atomic E-state index is -0.980. The quantitative estimate of drug-likeness (QED) is 0.197. The monoisotopic (exact) mass is 583 g/mol. The number of fused-ring (bicyclic) bond motifs is 2. The van der Waals surface area contributed by atoms with E-state index in [-0.39, 0.29) is 35.5 Å². The summed E-state index contributed by atoms with van der Waals surface area (Å²) in [6.07, 6.45) is 8.69. The van der Waals surface area contributed by atoms with Crippen molar-refractivity contribution in [2.45, 2.75) is 50.6 Å². The molecular weight excluding hydrogens is 553 g/mol. The summed E-state index contributed by atoms with van der Waals surface area (Å²) in [6, 6.07) is 8.84. The molecule has 3 heterocycles. The number of aliphatic imine (C=N–C) groups is 1. The van der Waals surface area contributed by atoms with Crippen LogP contribution < -0.4 is 16.4 Å². The highest BCUT2D eigenvalue weighted by Crippen LogP contribution is 2.34. The molecule has 1 aliphatic carbocycles. The van der Waals surface area contributed by atoms with Gasteiger partial charge in [-0.1, -0.05) is 6.07 Å². The number of amides is 4. The number of rotatable bonds is 9. The first-order valence-corrected chi connectivity index (χ1v) is 14.3. The zero-order valence-corrected chi connectivity index (χ0v) is 23.3. The molecule has 0 radical (unpaired) electrons. The number of nitrogens with two attached hydrogens (primary N) is 1. The van der Waals surface area contributed by atoms with Gasteiger partial charge in [-0.25, -0.2) is 9.37 Å². The van der Waals surface area contributed by atoms with Crippen LogP contribution in [0.15, 0.2) is 53.8 Å². The van der Waals surface area contributed by atoms with Crippen LogP contribution in [0.3, 0.4) is 0 Å². The van der Waals surface area contributed by atoms with Gasteiger partial charge in [0, 0.05) is 36.6 Å². The number of anilines is 1. The molecule has 0 bridgehead atoms. The number of nitrogens with one attached hydrogen (secondary N) is 2. The van der Waals surface area contributed by atoms with E-state index >= 15 is 0 Å². The maximum absolute atomic E-state index is 14.1. The molecule has 6 rings (SSSR count). The average molecular weight is 584 g/mol. The number of benzene rings is 2. The SMILES string of the molecule is NC=C(C=NC1CC(CCCNc2ccc3c(c2)C(=O)N(C2CCC(=O)NC2=O)C3=O)C1)c1cnc2cccc(F)c2n1. The van der Waals surface area contributed by atoms with Crippen LogP contribution in [-0.2, 0) is 9.59 Å². The topological polar surface area (TPSA) is 160 Å². The highest BCUT2D eigenvalue weighted by molar-refractivity contribution is 6.23. The molecule has 3 aromatic rings. The minimum Gasteiger partial charge on any atom is -0.404 e. The van der Waals surface area contributed by atoms with Crippen LogP contribution in [0.5, 0.6) is 0 Å². The summed E-state index contributed by atoms with van der Waals surface area (Å²) in [7, 11) is 0. The summed E-state index contributed by atoms with van der Waals surface area (Å²) in [4.78, 5) is 63.8. The fraction of sp³-hybridized carbons (Fsp3) is 0.323. The van der Waals surface area contributed by atoms with E-state index in [2.05, 4.69) is 25.6 Å². The maximum Gasteiger partial charge on any atom is 0.262 e. The number of imide groups is 2. The first-order chi connectivity index (χ1) is 20.8. The van der Waals surface area contributed by atoms with Crippen molar-refractivity contribution in [3.05, 3.63) is 71.4 Å². The number of piperidine rings is 1. The van der Waals surface area contributed by atoms with Crippen LogP contribution in [0.2, 0.25) is 0 Å². The van der Waals surface area contributed by atoms with E-state index in [0.717, 1.165) is 36.3 Å². The third kappa shape index (κ3) is 5.60. The fourth-order valence-corrected chi connectivity index (χ4v) is 5.78. The third-order valence-electron chi connectivity index (χ3n) is 8.19. The van der Waals surface area contributed by atoms with E-state index in [1.54, 1.807) is 42.7 Å². The Balaban J connectivity index is 0.961. The van der Waals surface area contributed by atoms with E-state index in [4.69, 9.17) is 5.73 Å². The number of nitrogens with zero attached hydrogens (tertiary/aromatic N) is 4. The number of allylic oxidation sites excluding steroid dienone is 1. The molecule has 12 heteroatoms. The Morgan fingerprint density at radius 2 is 1.95 bits per heavy atom. The van der Waals surface area contributed by atoms with Crippen LogP contribution >= 0.6 is 0 Å². The number of carbonyl (C=O) groups is 4. The third-order valence-corrected chi connectivity index (χ3v) is 8.19. The van der Waals surface area contributed by atoms with Crippen LogP contribution in [-0.4, -0.2) is 63.3 Å². The zero-order valence-electron chi connectivity index (χ0n) is 23.3. The Morgan fingerprint density at radius 1 is 1.14 bits per heavy atom. The molecule has 2 aliphatic heterocycles. The molecule has 1 saturated heterocycles. The molecule has 1 saturated carbocycles. The van der Waals surface area contributed by atoms with Crippen LogP contribution in [0.1, 0.15) is 64.9 Å². The van der Waals surface area contributed by atoms with E-state index in [0.29, 0.717) is 29.2 Å². The lowest BCUT2D eigenvalue weighted by Crippen LogP contribution is -2.54. The Labute approximate surface area is 246 Å². The van der Waals surface area contributed by atoms with Crippen molar-refractivity contribution in [2.75, 3.05) is 11.9 Å². The van der Waals surface area contributed by atoms with Crippen molar-refractivity contribution in [3.63, 3.8) is 0 Å². The molecule has 1 atom stereocenters. The summed E-state index contributed by atoms with van der Waals surface area (Å²) in [5, 5.41) is 5.52. The smallest absolute Gasteiger partial charge is 0.262 e. The number of para-hydroxylation sites is 1. The van der Waals surface area contributed by atoms with Crippen molar-refractivity contribution in [3.8, 4) is 0 Å². The molecule has 4 amide bonds. The second-order valence-electron chi connectivity index (χ2n) is 11.0. The van der Waals surface area contributed by atoms with Gasteiger partial charge in [-0.15, -0.1) is 0 Å². The van der Waals surface area contributed by atoms with Gasteiger partial charge in [-0.3, -0.25) is 39.4 Å². The fourth-order valence-electron chi connectivity index (χ4n) is 5.78. The van der Waals surface area contributed by atoms with Gasteiger partial charge < -0.3 is 11.1 Å². The van der Waals surface area contributed by atoms with Gasteiger partial charge in [-0.05, 0) is 68.4 Å². The molecule has 1 aromatic heterocycles. The molecular formula is C31H30FN7O4. The van der Waals surface area contributed by atoms with E-state index in [1.165, 1.54) is 12.3 Å². The number of halogens is 1. The lowest BCUT2D eigenvalue weighted by atomic mass is 9.78. The largest absolute Gasteiger partial charge is 0.404 e. The van der Waals surface area contributed by atoms with Crippen molar-refractivity contribution in [1.29, 1.82) is 0 Å². The first kappa shape index (κ1) is 28.1. The molecule has 1 unspecified atom stereocenters. The Bertz CT molecular complexity index is 1700. The van der Waals surface area contributed by atoms with Gasteiger partial charge in [0.15, 0.2) is 5.82 Å². The molecule has 4 N–H and O–H groups in total. The Hall–Kier alpha value is -5.00. The Kier molecular flexibility index (Phi) is 7.66. The predicted octanol–water partition coefficient (Wildman–Crippen LogP) is 3.21. The highest BCUT2D eigenvalue weighted by atomic mass is 19.1. The number of hydrogen-bond donors (Lipinski definition) is 3. The number of carbonyl (C=O) groups excluding carboxylic acids is 4. The van der Waals surface area contributed by atoms with Gasteiger partial charge >= 0.3 is 0 Å². The minimum absolute atomic E-state index is 0.0827. The number of hydrogen-bond acceptors (Lipinski definition) is 9. The summed E-state index contributed by atoms with van der Waals surface area (Å²) in [6.45, 7) is 0.694. The van der Waals surface area contributed by atoms with Crippen molar-refractivity contribution < 1.29 is 23.6 Å².